The molecule has 0 aliphatic heterocycles. The zero-order chi connectivity index (χ0) is 10.4. The van der Waals surface area contributed by atoms with Crippen molar-refractivity contribution in [2.45, 2.75) is 0 Å². The number of hydrogen-bond acceptors (Lipinski definition) is 3. The van der Waals surface area contributed by atoms with Crippen molar-refractivity contribution in [3.05, 3.63) is 42.0 Å². The molecule has 3 nitrogen and oxygen atoms in total. The summed E-state index contributed by atoms with van der Waals surface area (Å²) in [5.41, 5.74) is 0.955. The van der Waals surface area contributed by atoms with Crippen LogP contribution in [0, 0.1) is 11.3 Å². The van der Waals surface area contributed by atoms with Gasteiger partial charge in [-0.05, 0) is 5.56 Å². The molecule has 0 spiro atoms. The van der Waals surface area contributed by atoms with E-state index in [9.17, 15) is 4.79 Å². The first-order chi connectivity index (χ1) is 6.79. The Morgan fingerprint density at radius 2 is 2.07 bits per heavy atom. The lowest BCUT2D eigenvalue weighted by Gasteiger charge is -2.02. The third-order valence-electron chi connectivity index (χ3n) is 1.70. The van der Waals surface area contributed by atoms with Gasteiger partial charge in [0.15, 0.2) is 0 Å². The molecule has 0 aliphatic rings. The molecular formula is C11H9NO2. The molecule has 0 atom stereocenters. The van der Waals surface area contributed by atoms with Crippen molar-refractivity contribution in [1.82, 2.24) is 0 Å². The largest absolute Gasteiger partial charge is 0.465 e. The number of nitriles is 1. The van der Waals surface area contributed by atoms with Crippen LogP contribution in [-0.4, -0.2) is 13.1 Å². The van der Waals surface area contributed by atoms with E-state index in [-0.39, 0.29) is 5.57 Å². The van der Waals surface area contributed by atoms with Crippen LogP contribution in [-0.2, 0) is 9.53 Å². The maximum absolute atomic E-state index is 11.3. The summed E-state index contributed by atoms with van der Waals surface area (Å²) in [6.45, 7) is 0. The second-order valence-electron chi connectivity index (χ2n) is 2.54. The van der Waals surface area contributed by atoms with Crippen LogP contribution < -0.4 is 0 Å². The van der Waals surface area contributed by atoms with Crippen molar-refractivity contribution in [2.24, 2.45) is 0 Å². The van der Waals surface area contributed by atoms with E-state index in [1.54, 1.807) is 24.3 Å². The van der Waals surface area contributed by atoms with Crippen LogP contribution in [0.2, 0.25) is 0 Å². The molecule has 0 saturated carbocycles. The Bertz CT molecular complexity index is 387. The first-order valence-electron chi connectivity index (χ1n) is 4.03. The van der Waals surface area contributed by atoms with Gasteiger partial charge in [0.25, 0.3) is 0 Å². The van der Waals surface area contributed by atoms with E-state index in [1.807, 2.05) is 12.1 Å². The first-order valence-corrected chi connectivity index (χ1v) is 4.03. The molecule has 0 heterocycles. The molecule has 1 rings (SSSR count). The van der Waals surface area contributed by atoms with E-state index in [0.29, 0.717) is 5.56 Å². The Labute approximate surface area is 82.2 Å². The molecule has 0 radical (unpaired) electrons. The molecule has 0 N–H and O–H groups in total. The Balaban J connectivity index is 3.10. The fraction of sp³-hybridized carbons (Fsp3) is 0.0909. The summed E-state index contributed by atoms with van der Waals surface area (Å²) in [6.07, 6.45) is 1.18. The van der Waals surface area contributed by atoms with E-state index in [1.165, 1.54) is 13.2 Å². The van der Waals surface area contributed by atoms with Gasteiger partial charge in [-0.2, -0.15) is 5.26 Å². The number of esters is 1. The summed E-state index contributed by atoms with van der Waals surface area (Å²) < 4.78 is 4.56. The van der Waals surface area contributed by atoms with Crippen molar-refractivity contribution in [2.75, 3.05) is 7.11 Å². The van der Waals surface area contributed by atoms with E-state index < -0.39 is 5.97 Å². The molecular weight excluding hydrogens is 178 g/mol. The fourth-order valence-electron chi connectivity index (χ4n) is 1.05. The van der Waals surface area contributed by atoms with Crippen LogP contribution in [0.15, 0.2) is 36.4 Å². The quantitative estimate of drug-likeness (QED) is 0.402. The van der Waals surface area contributed by atoms with Crippen LogP contribution in [0.4, 0.5) is 0 Å². The van der Waals surface area contributed by atoms with Gasteiger partial charge in [0, 0.05) is 6.08 Å². The van der Waals surface area contributed by atoms with Gasteiger partial charge in [-0.1, -0.05) is 30.3 Å². The zero-order valence-electron chi connectivity index (χ0n) is 7.73. The van der Waals surface area contributed by atoms with Gasteiger partial charge < -0.3 is 4.74 Å². The molecule has 0 saturated heterocycles. The molecule has 1 aromatic rings. The molecule has 0 fully saturated rings. The summed E-state index contributed by atoms with van der Waals surface area (Å²) in [6, 6.07) is 10.7. The van der Waals surface area contributed by atoms with Crippen LogP contribution in [0.25, 0.3) is 5.57 Å². The topological polar surface area (TPSA) is 50.1 Å². The summed E-state index contributed by atoms with van der Waals surface area (Å²) in [5.74, 6) is -0.502. The Kier molecular flexibility index (Phi) is 3.45. The minimum Gasteiger partial charge on any atom is -0.465 e. The fourth-order valence-corrected chi connectivity index (χ4v) is 1.05. The Morgan fingerprint density at radius 1 is 1.43 bits per heavy atom. The first kappa shape index (κ1) is 10.0. The highest BCUT2D eigenvalue weighted by molar-refractivity contribution is 6.16. The van der Waals surface area contributed by atoms with Gasteiger partial charge in [-0.3, -0.25) is 0 Å². The number of hydrogen-bond donors (Lipinski definition) is 0. The Morgan fingerprint density at radius 3 is 2.57 bits per heavy atom. The maximum atomic E-state index is 11.3. The van der Waals surface area contributed by atoms with Gasteiger partial charge in [0.05, 0.1) is 18.8 Å². The molecule has 0 aliphatic carbocycles. The predicted octanol–water partition coefficient (Wildman–Crippen LogP) is 1.77. The maximum Gasteiger partial charge on any atom is 0.339 e. The average Bonchev–Trinajstić information content (AvgIpc) is 2.26. The van der Waals surface area contributed by atoms with Gasteiger partial charge in [0.2, 0.25) is 0 Å². The molecule has 0 aromatic heterocycles. The number of carbonyl (C=O) groups is 1. The highest BCUT2D eigenvalue weighted by Crippen LogP contribution is 2.14. The third-order valence-corrected chi connectivity index (χ3v) is 1.70. The lowest BCUT2D eigenvalue weighted by Crippen LogP contribution is -2.03. The molecule has 14 heavy (non-hydrogen) atoms. The number of nitrogens with zero attached hydrogens (tertiary/aromatic N) is 1. The molecule has 0 bridgehead atoms. The second-order valence-corrected chi connectivity index (χ2v) is 2.54. The zero-order valence-corrected chi connectivity index (χ0v) is 7.73. The SMILES string of the molecule is COC(=O)/C(=C/C#N)c1ccccc1. The highest BCUT2D eigenvalue weighted by Gasteiger charge is 2.10. The van der Waals surface area contributed by atoms with Gasteiger partial charge in [0.1, 0.15) is 0 Å². The average molecular weight is 187 g/mol. The lowest BCUT2D eigenvalue weighted by atomic mass is 10.1. The lowest BCUT2D eigenvalue weighted by molar-refractivity contribution is -0.133. The van der Waals surface area contributed by atoms with Gasteiger partial charge in [-0.25, -0.2) is 4.79 Å². The standard InChI is InChI=1S/C11H9NO2/c1-14-11(13)10(7-8-12)9-5-3-2-4-6-9/h2-7H,1H3/b10-7+. The molecule has 0 unspecified atom stereocenters. The van der Waals surface area contributed by atoms with Crippen LogP contribution in [0.1, 0.15) is 5.56 Å². The van der Waals surface area contributed by atoms with Gasteiger partial charge in [-0.15, -0.1) is 0 Å². The monoisotopic (exact) mass is 187 g/mol. The second kappa shape index (κ2) is 4.83. The smallest absolute Gasteiger partial charge is 0.339 e. The Hall–Kier alpha value is -2.08. The van der Waals surface area contributed by atoms with Gasteiger partial charge >= 0.3 is 5.97 Å². The molecule has 70 valence electrons. The minimum absolute atomic E-state index is 0.274. The van der Waals surface area contributed by atoms with Crippen molar-refractivity contribution < 1.29 is 9.53 Å². The van der Waals surface area contributed by atoms with Crippen LogP contribution in [0.5, 0.6) is 0 Å². The predicted molar refractivity (Wildman–Crippen MR) is 52.0 cm³/mol. The number of rotatable bonds is 2. The van der Waals surface area contributed by atoms with E-state index in [2.05, 4.69) is 4.74 Å². The third kappa shape index (κ3) is 2.20. The normalized spacial score (nSPS) is 10.4. The van der Waals surface area contributed by atoms with Crippen LogP contribution in [0.3, 0.4) is 0 Å². The van der Waals surface area contributed by atoms with E-state index in [4.69, 9.17) is 5.26 Å². The number of carbonyl (C=O) groups excluding carboxylic acids is 1. The number of allylic oxidation sites excluding steroid dienone is 1. The highest BCUT2D eigenvalue weighted by atomic mass is 16.5. The van der Waals surface area contributed by atoms with Crippen molar-refractivity contribution in [3.63, 3.8) is 0 Å². The van der Waals surface area contributed by atoms with E-state index >= 15 is 0 Å². The van der Waals surface area contributed by atoms with Crippen molar-refractivity contribution in [3.8, 4) is 6.07 Å². The molecule has 3 heteroatoms. The summed E-state index contributed by atoms with van der Waals surface area (Å²) in [4.78, 5) is 11.3. The number of methoxy groups -OCH3 is 1. The van der Waals surface area contributed by atoms with Crippen molar-refractivity contribution >= 4 is 11.5 Å². The summed E-state index contributed by atoms with van der Waals surface area (Å²) in [7, 11) is 1.29. The van der Waals surface area contributed by atoms with Crippen LogP contribution >= 0.6 is 0 Å². The number of ether oxygens (including phenoxy) is 1. The molecule has 0 amide bonds. The van der Waals surface area contributed by atoms with E-state index in [0.717, 1.165) is 0 Å². The van der Waals surface area contributed by atoms with Crippen molar-refractivity contribution in [1.29, 1.82) is 5.26 Å². The minimum atomic E-state index is -0.502. The number of benzene rings is 1. The molecule has 1 aromatic carbocycles. The summed E-state index contributed by atoms with van der Waals surface area (Å²) >= 11 is 0. The summed E-state index contributed by atoms with van der Waals surface area (Å²) in [5, 5.41) is 8.51.